The molecule has 1 unspecified atom stereocenters. The van der Waals surface area contributed by atoms with Crippen molar-refractivity contribution in [2.24, 2.45) is 0 Å². The molecule has 0 saturated carbocycles. The predicted octanol–water partition coefficient (Wildman–Crippen LogP) is 4.15. The summed E-state index contributed by atoms with van der Waals surface area (Å²) >= 11 is 7.79. The van der Waals surface area contributed by atoms with E-state index >= 15 is 0 Å². The zero-order chi connectivity index (χ0) is 15.1. The molecule has 0 radical (unpaired) electrons. The van der Waals surface area contributed by atoms with Gasteiger partial charge in [-0.15, -0.1) is 11.8 Å². The molecule has 0 aliphatic heterocycles. The fourth-order valence-corrected chi connectivity index (χ4v) is 3.33. The largest absolute Gasteiger partial charge is 0.383 e. The molecule has 3 N–H and O–H groups in total. The predicted molar refractivity (Wildman–Crippen MR) is 91.9 cm³/mol. The first-order chi connectivity index (χ1) is 10.2. The van der Waals surface area contributed by atoms with Gasteiger partial charge in [0.2, 0.25) is 0 Å². The minimum atomic E-state index is 0.183. The van der Waals surface area contributed by atoms with Crippen LogP contribution < -0.4 is 11.1 Å². The molecule has 5 heteroatoms. The zero-order valence-corrected chi connectivity index (χ0v) is 13.6. The third-order valence-electron chi connectivity index (χ3n) is 3.10. The number of aromatic nitrogens is 1. The highest BCUT2D eigenvalue weighted by atomic mass is 35.5. The zero-order valence-electron chi connectivity index (χ0n) is 12.1. The molecule has 0 aliphatic rings. The SMILES string of the molecule is CCCNC(CSc1cccc(Cl)c1)c1cccnc1N. The summed E-state index contributed by atoms with van der Waals surface area (Å²) < 4.78 is 0. The lowest BCUT2D eigenvalue weighted by atomic mass is 10.1. The van der Waals surface area contributed by atoms with Crippen LogP contribution in [0.2, 0.25) is 5.02 Å². The first kappa shape index (κ1) is 16.1. The summed E-state index contributed by atoms with van der Waals surface area (Å²) in [6, 6.07) is 12.1. The van der Waals surface area contributed by atoms with Crippen LogP contribution in [0.15, 0.2) is 47.5 Å². The van der Waals surface area contributed by atoms with E-state index < -0.39 is 0 Å². The van der Waals surface area contributed by atoms with E-state index in [1.807, 2.05) is 30.3 Å². The van der Waals surface area contributed by atoms with Crippen LogP contribution in [0.1, 0.15) is 24.9 Å². The normalized spacial score (nSPS) is 12.3. The lowest BCUT2D eigenvalue weighted by Gasteiger charge is -2.19. The Kier molecular flexibility index (Phi) is 6.36. The molecule has 0 spiro atoms. The van der Waals surface area contributed by atoms with E-state index in [0.29, 0.717) is 5.82 Å². The second-order valence-electron chi connectivity index (χ2n) is 4.75. The number of hydrogen-bond acceptors (Lipinski definition) is 4. The molecule has 0 amide bonds. The Morgan fingerprint density at radius 3 is 2.90 bits per heavy atom. The Morgan fingerprint density at radius 2 is 2.19 bits per heavy atom. The standard InChI is InChI=1S/C16H20ClN3S/c1-2-8-19-15(14-7-4-9-20-16(14)18)11-21-13-6-3-5-12(17)10-13/h3-7,9-10,15,19H,2,8,11H2,1H3,(H2,18,20). The number of pyridine rings is 1. The highest BCUT2D eigenvalue weighted by Crippen LogP contribution is 2.28. The van der Waals surface area contributed by atoms with Crippen molar-refractivity contribution >= 4 is 29.2 Å². The number of benzene rings is 1. The van der Waals surface area contributed by atoms with Crippen LogP contribution in [-0.2, 0) is 0 Å². The summed E-state index contributed by atoms with van der Waals surface area (Å²) in [7, 11) is 0. The minimum Gasteiger partial charge on any atom is -0.383 e. The first-order valence-electron chi connectivity index (χ1n) is 7.03. The van der Waals surface area contributed by atoms with Crippen molar-refractivity contribution in [2.75, 3.05) is 18.0 Å². The van der Waals surface area contributed by atoms with Crippen LogP contribution in [0, 0.1) is 0 Å². The number of nitrogen functional groups attached to an aromatic ring is 1. The van der Waals surface area contributed by atoms with Crippen molar-refractivity contribution in [1.29, 1.82) is 0 Å². The monoisotopic (exact) mass is 321 g/mol. The molecule has 112 valence electrons. The van der Waals surface area contributed by atoms with Gasteiger partial charge in [-0.25, -0.2) is 4.98 Å². The van der Waals surface area contributed by atoms with Crippen molar-refractivity contribution in [2.45, 2.75) is 24.3 Å². The lowest BCUT2D eigenvalue weighted by molar-refractivity contribution is 0.577. The summed E-state index contributed by atoms with van der Waals surface area (Å²) in [6.45, 7) is 3.11. The number of nitrogens with one attached hydrogen (secondary N) is 1. The van der Waals surface area contributed by atoms with Gasteiger partial charge in [0.15, 0.2) is 0 Å². The first-order valence-corrected chi connectivity index (χ1v) is 8.39. The van der Waals surface area contributed by atoms with Crippen molar-refractivity contribution in [3.05, 3.63) is 53.2 Å². The minimum absolute atomic E-state index is 0.183. The van der Waals surface area contributed by atoms with E-state index in [1.165, 1.54) is 0 Å². The highest BCUT2D eigenvalue weighted by molar-refractivity contribution is 7.99. The Hall–Kier alpha value is -1.23. The molecule has 1 aromatic carbocycles. The molecule has 0 aliphatic carbocycles. The summed E-state index contributed by atoms with van der Waals surface area (Å²) in [5, 5.41) is 4.30. The molecule has 1 heterocycles. The summed E-state index contributed by atoms with van der Waals surface area (Å²) in [5.41, 5.74) is 7.06. The van der Waals surface area contributed by atoms with Gasteiger partial charge in [0.05, 0.1) is 0 Å². The van der Waals surface area contributed by atoms with Gasteiger partial charge in [-0.1, -0.05) is 30.7 Å². The second kappa shape index (κ2) is 8.27. The van der Waals surface area contributed by atoms with E-state index in [1.54, 1.807) is 18.0 Å². The van der Waals surface area contributed by atoms with E-state index in [9.17, 15) is 0 Å². The van der Waals surface area contributed by atoms with Gasteiger partial charge in [-0.2, -0.15) is 0 Å². The fraction of sp³-hybridized carbons (Fsp3) is 0.312. The van der Waals surface area contributed by atoms with Gasteiger partial charge in [0.25, 0.3) is 0 Å². The summed E-state index contributed by atoms with van der Waals surface area (Å²) in [6.07, 6.45) is 2.80. The number of rotatable bonds is 7. The van der Waals surface area contributed by atoms with Crippen molar-refractivity contribution in [3.8, 4) is 0 Å². The van der Waals surface area contributed by atoms with E-state index in [-0.39, 0.29) is 6.04 Å². The third-order valence-corrected chi connectivity index (χ3v) is 4.42. The molecule has 3 nitrogen and oxygen atoms in total. The van der Waals surface area contributed by atoms with Crippen molar-refractivity contribution < 1.29 is 0 Å². The molecule has 0 bridgehead atoms. The molecule has 0 fully saturated rings. The molecule has 21 heavy (non-hydrogen) atoms. The van der Waals surface area contributed by atoms with Crippen molar-refractivity contribution in [1.82, 2.24) is 10.3 Å². The maximum Gasteiger partial charge on any atom is 0.128 e. The van der Waals surface area contributed by atoms with E-state index in [4.69, 9.17) is 17.3 Å². The van der Waals surface area contributed by atoms with Gasteiger partial charge in [-0.05, 0) is 37.2 Å². The smallest absolute Gasteiger partial charge is 0.128 e. The Labute approximate surface area is 135 Å². The molecule has 1 atom stereocenters. The van der Waals surface area contributed by atoms with Crippen LogP contribution in [0.3, 0.4) is 0 Å². The number of thioether (sulfide) groups is 1. The molecule has 1 aromatic heterocycles. The van der Waals surface area contributed by atoms with Crippen LogP contribution >= 0.6 is 23.4 Å². The van der Waals surface area contributed by atoms with Gasteiger partial charge >= 0.3 is 0 Å². The lowest BCUT2D eigenvalue weighted by Crippen LogP contribution is -2.25. The average Bonchev–Trinajstić information content (AvgIpc) is 2.48. The van der Waals surface area contributed by atoms with Crippen LogP contribution in [0.25, 0.3) is 0 Å². The maximum absolute atomic E-state index is 6.03. The molecule has 2 aromatic rings. The molecular weight excluding hydrogens is 302 g/mol. The topological polar surface area (TPSA) is 50.9 Å². The second-order valence-corrected chi connectivity index (χ2v) is 6.28. The number of hydrogen-bond donors (Lipinski definition) is 2. The quantitative estimate of drug-likeness (QED) is 0.752. The number of nitrogens with zero attached hydrogens (tertiary/aromatic N) is 1. The summed E-state index contributed by atoms with van der Waals surface area (Å²) in [4.78, 5) is 5.35. The molecule has 0 saturated heterocycles. The third kappa shape index (κ3) is 4.92. The van der Waals surface area contributed by atoms with Crippen LogP contribution in [0.4, 0.5) is 5.82 Å². The van der Waals surface area contributed by atoms with Gasteiger partial charge in [0, 0.05) is 33.5 Å². The molecule has 2 rings (SSSR count). The van der Waals surface area contributed by atoms with Crippen LogP contribution in [-0.4, -0.2) is 17.3 Å². The average molecular weight is 322 g/mol. The van der Waals surface area contributed by atoms with Gasteiger partial charge in [-0.3, -0.25) is 0 Å². The Balaban J connectivity index is 2.08. The molecular formula is C16H20ClN3S. The van der Waals surface area contributed by atoms with E-state index in [0.717, 1.165) is 34.2 Å². The highest BCUT2D eigenvalue weighted by Gasteiger charge is 2.14. The van der Waals surface area contributed by atoms with E-state index in [2.05, 4.69) is 23.3 Å². The summed E-state index contributed by atoms with van der Waals surface area (Å²) in [5.74, 6) is 1.48. The van der Waals surface area contributed by atoms with Crippen LogP contribution in [0.5, 0.6) is 0 Å². The Morgan fingerprint density at radius 1 is 1.33 bits per heavy atom. The number of halogens is 1. The maximum atomic E-state index is 6.03. The number of anilines is 1. The Bertz CT molecular complexity index is 577. The van der Waals surface area contributed by atoms with Crippen molar-refractivity contribution in [3.63, 3.8) is 0 Å². The fourth-order valence-electron chi connectivity index (χ4n) is 2.04. The van der Waals surface area contributed by atoms with Gasteiger partial charge in [0.1, 0.15) is 5.82 Å². The number of nitrogens with two attached hydrogens (primary N) is 1. The van der Waals surface area contributed by atoms with Gasteiger partial charge < -0.3 is 11.1 Å².